The molecule has 0 spiro atoms. The molecule has 1 unspecified atom stereocenters. The number of oxazole rings is 1. The highest BCUT2D eigenvalue weighted by atomic mass is 16.6. The summed E-state index contributed by atoms with van der Waals surface area (Å²) in [5.41, 5.74) is 2.66. The van der Waals surface area contributed by atoms with Crippen LogP contribution < -0.4 is 4.74 Å². The third-order valence-corrected chi connectivity index (χ3v) is 4.85. The summed E-state index contributed by atoms with van der Waals surface area (Å²) in [6.45, 7) is 6.85. The molecule has 0 aliphatic rings. The van der Waals surface area contributed by atoms with Crippen molar-refractivity contribution in [2.24, 2.45) is 0 Å². The predicted octanol–water partition coefficient (Wildman–Crippen LogP) is 4.57. The molecule has 0 N–H and O–H groups in total. The Morgan fingerprint density at radius 3 is 2.59 bits per heavy atom. The number of rotatable bonds is 12. The largest absolute Gasteiger partial charge is 0.492 e. The number of aromatic nitrogens is 2. The Labute approximate surface area is 188 Å². The number of hydrogen-bond donors (Lipinski definition) is 0. The zero-order chi connectivity index (χ0) is 22.8. The lowest BCUT2D eigenvalue weighted by Gasteiger charge is -2.15. The second-order valence-corrected chi connectivity index (χ2v) is 7.23. The molecule has 32 heavy (non-hydrogen) atoms. The SMILES string of the molecule is CCOC(=O)C(Cc1ccc(OCCCc2nc(-c3ccccc3)oc2C)cn1)OCC. The van der Waals surface area contributed by atoms with Gasteiger partial charge in [-0.2, -0.15) is 0 Å². The molecule has 7 heteroatoms. The van der Waals surface area contributed by atoms with Crippen LogP contribution in [-0.2, 0) is 27.1 Å². The van der Waals surface area contributed by atoms with E-state index >= 15 is 0 Å². The molecule has 1 atom stereocenters. The van der Waals surface area contributed by atoms with E-state index in [2.05, 4.69) is 9.97 Å². The number of nitrogens with zero attached hydrogens (tertiary/aromatic N) is 2. The lowest BCUT2D eigenvalue weighted by molar-refractivity contribution is -0.156. The third-order valence-electron chi connectivity index (χ3n) is 4.85. The lowest BCUT2D eigenvalue weighted by atomic mass is 10.2. The van der Waals surface area contributed by atoms with Crippen LogP contribution >= 0.6 is 0 Å². The molecule has 0 saturated carbocycles. The van der Waals surface area contributed by atoms with Gasteiger partial charge in [0.25, 0.3) is 0 Å². The average molecular weight is 439 g/mol. The molecule has 0 radical (unpaired) electrons. The smallest absolute Gasteiger partial charge is 0.335 e. The predicted molar refractivity (Wildman–Crippen MR) is 120 cm³/mol. The van der Waals surface area contributed by atoms with Crippen LogP contribution in [0.5, 0.6) is 5.75 Å². The molecule has 0 aliphatic carbocycles. The first-order valence-electron chi connectivity index (χ1n) is 11.0. The number of benzene rings is 1. The van der Waals surface area contributed by atoms with E-state index in [1.165, 1.54) is 0 Å². The van der Waals surface area contributed by atoms with Crippen LogP contribution in [0.3, 0.4) is 0 Å². The van der Waals surface area contributed by atoms with E-state index in [1.807, 2.05) is 56.3 Å². The first-order valence-corrected chi connectivity index (χ1v) is 11.0. The molecule has 2 aromatic heterocycles. The molecule has 2 heterocycles. The summed E-state index contributed by atoms with van der Waals surface area (Å²) in [7, 11) is 0. The van der Waals surface area contributed by atoms with Gasteiger partial charge in [0.15, 0.2) is 6.10 Å². The summed E-state index contributed by atoms with van der Waals surface area (Å²) in [6.07, 6.45) is 2.95. The summed E-state index contributed by atoms with van der Waals surface area (Å²) in [4.78, 5) is 21.0. The van der Waals surface area contributed by atoms with Crippen molar-refractivity contribution >= 4 is 5.97 Å². The Bertz CT molecular complexity index is 970. The van der Waals surface area contributed by atoms with Crippen LogP contribution in [0.4, 0.5) is 0 Å². The summed E-state index contributed by atoms with van der Waals surface area (Å²) in [5.74, 6) is 1.79. The molecule has 0 amide bonds. The van der Waals surface area contributed by atoms with Crippen LogP contribution in [0.25, 0.3) is 11.5 Å². The molecule has 3 rings (SSSR count). The highest BCUT2D eigenvalue weighted by Gasteiger charge is 2.21. The van der Waals surface area contributed by atoms with Crippen LogP contribution in [-0.4, -0.2) is 41.9 Å². The van der Waals surface area contributed by atoms with Gasteiger partial charge in [0.1, 0.15) is 11.5 Å². The molecule has 0 bridgehead atoms. The van der Waals surface area contributed by atoms with Crippen LogP contribution in [0.2, 0.25) is 0 Å². The van der Waals surface area contributed by atoms with E-state index in [1.54, 1.807) is 13.1 Å². The fraction of sp³-hybridized carbons (Fsp3) is 0.400. The van der Waals surface area contributed by atoms with Crippen molar-refractivity contribution in [3.63, 3.8) is 0 Å². The van der Waals surface area contributed by atoms with Gasteiger partial charge >= 0.3 is 5.97 Å². The molecule has 170 valence electrons. The Morgan fingerprint density at radius 2 is 1.91 bits per heavy atom. The monoisotopic (exact) mass is 438 g/mol. The van der Waals surface area contributed by atoms with Crippen LogP contribution in [0, 0.1) is 6.92 Å². The number of ether oxygens (including phenoxy) is 3. The maximum Gasteiger partial charge on any atom is 0.335 e. The second-order valence-electron chi connectivity index (χ2n) is 7.23. The summed E-state index contributed by atoms with van der Waals surface area (Å²) in [6, 6.07) is 13.6. The number of aryl methyl sites for hydroxylation is 2. The van der Waals surface area contributed by atoms with E-state index in [4.69, 9.17) is 18.6 Å². The van der Waals surface area contributed by atoms with Gasteiger partial charge in [-0.3, -0.25) is 4.98 Å². The Hall–Kier alpha value is -3.19. The number of hydrogen-bond acceptors (Lipinski definition) is 7. The number of pyridine rings is 1. The van der Waals surface area contributed by atoms with Crippen molar-refractivity contribution in [3.8, 4) is 17.2 Å². The average Bonchev–Trinajstić information content (AvgIpc) is 3.18. The van der Waals surface area contributed by atoms with Crippen molar-refractivity contribution < 1.29 is 23.4 Å². The minimum Gasteiger partial charge on any atom is -0.492 e. The second kappa shape index (κ2) is 12.0. The lowest BCUT2D eigenvalue weighted by Crippen LogP contribution is -2.29. The van der Waals surface area contributed by atoms with Gasteiger partial charge in [-0.1, -0.05) is 18.2 Å². The van der Waals surface area contributed by atoms with Gasteiger partial charge in [-0.15, -0.1) is 0 Å². The Morgan fingerprint density at radius 1 is 1.09 bits per heavy atom. The maximum absolute atomic E-state index is 12.0. The van der Waals surface area contributed by atoms with Crippen molar-refractivity contribution in [3.05, 3.63) is 65.8 Å². The minimum absolute atomic E-state index is 0.323. The summed E-state index contributed by atoms with van der Waals surface area (Å²) < 4.78 is 22.2. The third kappa shape index (κ3) is 6.65. The van der Waals surface area contributed by atoms with E-state index in [0.717, 1.165) is 35.6 Å². The van der Waals surface area contributed by atoms with Crippen molar-refractivity contribution in [2.45, 2.75) is 46.1 Å². The van der Waals surface area contributed by atoms with Crippen molar-refractivity contribution in [2.75, 3.05) is 19.8 Å². The minimum atomic E-state index is -0.648. The quantitative estimate of drug-likeness (QED) is 0.303. The summed E-state index contributed by atoms with van der Waals surface area (Å²) >= 11 is 0. The highest BCUT2D eigenvalue weighted by molar-refractivity contribution is 5.75. The fourth-order valence-electron chi connectivity index (χ4n) is 3.25. The topological polar surface area (TPSA) is 83.7 Å². The number of carbonyl (C=O) groups is 1. The van der Waals surface area contributed by atoms with Gasteiger partial charge < -0.3 is 18.6 Å². The molecule has 3 aromatic rings. The van der Waals surface area contributed by atoms with E-state index in [0.29, 0.717) is 37.9 Å². The standard InChI is InChI=1S/C25H30N2O5/c1-4-29-23(25(28)30-5-2)16-20-13-14-21(17-26-20)31-15-9-12-22-18(3)32-24(27-22)19-10-7-6-8-11-19/h6-8,10-11,13-14,17,23H,4-5,9,12,15-16H2,1-3H3. The molecule has 7 nitrogen and oxygen atoms in total. The molecular formula is C25H30N2O5. The Kier molecular flexibility index (Phi) is 8.80. The molecule has 0 aliphatic heterocycles. The molecule has 0 fully saturated rings. The van der Waals surface area contributed by atoms with Crippen molar-refractivity contribution in [1.29, 1.82) is 0 Å². The van der Waals surface area contributed by atoms with E-state index in [-0.39, 0.29) is 5.97 Å². The zero-order valence-electron chi connectivity index (χ0n) is 18.9. The fourth-order valence-corrected chi connectivity index (χ4v) is 3.25. The normalized spacial score (nSPS) is 11.8. The summed E-state index contributed by atoms with van der Waals surface area (Å²) in [5, 5.41) is 0. The van der Waals surface area contributed by atoms with Crippen molar-refractivity contribution in [1.82, 2.24) is 9.97 Å². The van der Waals surface area contributed by atoms with Gasteiger partial charge in [0.2, 0.25) is 5.89 Å². The first kappa shape index (κ1) is 23.5. The zero-order valence-corrected chi connectivity index (χ0v) is 18.9. The number of carbonyl (C=O) groups excluding carboxylic acids is 1. The van der Waals surface area contributed by atoms with Crippen LogP contribution in [0.1, 0.15) is 37.4 Å². The van der Waals surface area contributed by atoms with Gasteiger partial charge in [-0.25, -0.2) is 9.78 Å². The number of esters is 1. The molecule has 0 saturated heterocycles. The Balaban J connectivity index is 1.47. The molecule has 1 aromatic carbocycles. The van der Waals surface area contributed by atoms with E-state index < -0.39 is 6.10 Å². The van der Waals surface area contributed by atoms with Gasteiger partial charge in [0.05, 0.1) is 25.1 Å². The first-order chi connectivity index (χ1) is 15.6. The molecular weight excluding hydrogens is 408 g/mol. The highest BCUT2D eigenvalue weighted by Crippen LogP contribution is 2.22. The van der Waals surface area contributed by atoms with Crippen LogP contribution in [0.15, 0.2) is 53.1 Å². The van der Waals surface area contributed by atoms with E-state index in [9.17, 15) is 4.79 Å². The maximum atomic E-state index is 12.0. The van der Waals surface area contributed by atoms with Gasteiger partial charge in [-0.05, 0) is 57.9 Å². The van der Waals surface area contributed by atoms with Gasteiger partial charge in [0, 0.05) is 24.3 Å².